The highest BCUT2D eigenvalue weighted by Gasteiger charge is 2.43. The van der Waals surface area contributed by atoms with E-state index in [0.717, 1.165) is 11.3 Å². The highest BCUT2D eigenvalue weighted by molar-refractivity contribution is 5.83. The van der Waals surface area contributed by atoms with Gasteiger partial charge in [-0.1, -0.05) is 0 Å². The molecule has 2 fully saturated rings. The lowest BCUT2D eigenvalue weighted by atomic mass is 9.95. The van der Waals surface area contributed by atoms with E-state index in [1.54, 1.807) is 0 Å². The monoisotopic (exact) mass is 385 g/mol. The molecule has 0 bridgehead atoms. The summed E-state index contributed by atoms with van der Waals surface area (Å²) in [7, 11) is 0. The van der Waals surface area contributed by atoms with E-state index < -0.39 is 12.1 Å². The summed E-state index contributed by atoms with van der Waals surface area (Å²) in [4.78, 5) is 24.3. The molecule has 1 aliphatic carbocycles. The Hall–Kier alpha value is -1.99. The van der Waals surface area contributed by atoms with Gasteiger partial charge in [-0.15, -0.1) is 0 Å². The number of nitrogens with one attached hydrogen (secondary N) is 1. The first kappa shape index (κ1) is 19.8. The van der Waals surface area contributed by atoms with Crippen LogP contribution in [0.4, 0.5) is 13.2 Å². The predicted molar refractivity (Wildman–Crippen MR) is 94.2 cm³/mol. The van der Waals surface area contributed by atoms with E-state index in [1.807, 2.05) is 0 Å². The maximum atomic E-state index is 12.5. The molecule has 150 valence electrons. The lowest BCUT2D eigenvalue weighted by molar-refractivity contribution is -0.186. The van der Waals surface area contributed by atoms with Crippen molar-refractivity contribution >= 4 is 11.8 Å². The molecule has 1 saturated carbocycles. The second-order valence-electron chi connectivity index (χ2n) is 7.60. The Kier molecular flexibility index (Phi) is 5.53. The van der Waals surface area contributed by atoms with Gasteiger partial charge in [0.25, 0.3) is 0 Å². The minimum Gasteiger partial charge on any atom is -0.356 e. The van der Waals surface area contributed by atoms with Gasteiger partial charge in [-0.2, -0.15) is 13.2 Å². The van der Waals surface area contributed by atoms with Crippen LogP contribution < -0.4 is 5.32 Å². The molecule has 2 aliphatic rings. The number of likely N-dealkylation sites (tertiary alicyclic amines) is 1. The van der Waals surface area contributed by atoms with Gasteiger partial charge in [0.05, 0.1) is 0 Å². The Balaban J connectivity index is 1.44. The molecule has 0 radical (unpaired) electrons. The van der Waals surface area contributed by atoms with Gasteiger partial charge in [0.15, 0.2) is 0 Å². The van der Waals surface area contributed by atoms with E-state index in [-0.39, 0.29) is 37.8 Å². The first-order chi connectivity index (χ1) is 12.7. The first-order valence-electron chi connectivity index (χ1n) is 9.49. The molecule has 3 rings (SSSR count). The number of amides is 2. The van der Waals surface area contributed by atoms with Crippen LogP contribution >= 0.6 is 0 Å². The molecular weight excluding hydrogens is 359 g/mol. The number of halogens is 3. The van der Waals surface area contributed by atoms with Gasteiger partial charge in [-0.05, 0) is 57.6 Å². The highest BCUT2D eigenvalue weighted by Crippen LogP contribution is 2.38. The summed E-state index contributed by atoms with van der Waals surface area (Å²) in [5.41, 5.74) is 3.73. The number of aryl methyl sites for hydroxylation is 1. The van der Waals surface area contributed by atoms with Crippen molar-refractivity contribution in [2.75, 3.05) is 19.6 Å². The second kappa shape index (κ2) is 7.56. The van der Waals surface area contributed by atoms with Gasteiger partial charge in [0.1, 0.15) is 0 Å². The minimum absolute atomic E-state index is 0.0288. The van der Waals surface area contributed by atoms with Crippen LogP contribution in [-0.2, 0) is 16.0 Å². The maximum absolute atomic E-state index is 12.5. The maximum Gasteiger partial charge on any atom is 0.471 e. The van der Waals surface area contributed by atoms with Gasteiger partial charge in [-0.3, -0.25) is 9.59 Å². The smallest absolute Gasteiger partial charge is 0.356 e. The van der Waals surface area contributed by atoms with Crippen molar-refractivity contribution in [1.82, 2.24) is 14.8 Å². The molecular formula is C19H26F3N3O2. The molecule has 1 N–H and O–H groups in total. The Morgan fingerprint density at radius 1 is 1.15 bits per heavy atom. The lowest BCUT2D eigenvalue weighted by Crippen LogP contribution is -2.47. The minimum atomic E-state index is -4.85. The number of hydrogen-bond donors (Lipinski definition) is 1. The fourth-order valence-electron chi connectivity index (χ4n) is 3.98. The number of piperidine rings is 1. The average molecular weight is 385 g/mol. The Bertz CT molecular complexity index is 715. The summed E-state index contributed by atoms with van der Waals surface area (Å²) in [5.74, 6) is -2.28. The largest absolute Gasteiger partial charge is 0.471 e. The lowest BCUT2D eigenvalue weighted by Gasteiger charge is -2.31. The normalized spacial score (nSPS) is 18.6. The molecule has 2 amide bonds. The molecule has 1 aromatic heterocycles. The zero-order valence-corrected chi connectivity index (χ0v) is 15.7. The third-order valence-corrected chi connectivity index (χ3v) is 5.59. The van der Waals surface area contributed by atoms with Crippen LogP contribution in [0.1, 0.15) is 48.7 Å². The fraction of sp³-hybridized carbons (Fsp3) is 0.684. The third kappa shape index (κ3) is 4.47. The van der Waals surface area contributed by atoms with Crippen LogP contribution in [0, 0.1) is 19.8 Å². The van der Waals surface area contributed by atoms with E-state index in [0.29, 0.717) is 12.6 Å². The summed E-state index contributed by atoms with van der Waals surface area (Å²) in [6, 6.07) is 2.79. The standard InChI is InChI=1S/C19H26F3N3O2/c1-12-11-15(13(2)25(12)16-3-4-16)5-8-23-17(26)14-6-9-24(10-7-14)18(27)19(20,21)22/h11,14,16H,3-10H2,1-2H3,(H,23,26). The average Bonchev–Trinajstić information content (AvgIpc) is 3.40. The summed E-state index contributed by atoms with van der Waals surface area (Å²) in [6.07, 6.45) is -1.12. The number of nitrogens with zero attached hydrogens (tertiary/aromatic N) is 2. The van der Waals surface area contributed by atoms with Gasteiger partial charge in [-0.25, -0.2) is 0 Å². The Morgan fingerprint density at radius 2 is 1.78 bits per heavy atom. The number of rotatable bonds is 5. The van der Waals surface area contributed by atoms with Gasteiger partial charge >= 0.3 is 12.1 Å². The van der Waals surface area contributed by atoms with Gasteiger partial charge in [0, 0.05) is 43.0 Å². The number of alkyl halides is 3. The molecule has 0 spiro atoms. The van der Waals surface area contributed by atoms with Crippen molar-refractivity contribution < 1.29 is 22.8 Å². The fourth-order valence-corrected chi connectivity index (χ4v) is 3.98. The van der Waals surface area contributed by atoms with Crippen LogP contribution in [0.25, 0.3) is 0 Å². The van der Waals surface area contributed by atoms with Gasteiger partial charge < -0.3 is 14.8 Å². The molecule has 5 nitrogen and oxygen atoms in total. The number of hydrogen-bond acceptors (Lipinski definition) is 2. The second-order valence-corrected chi connectivity index (χ2v) is 7.60. The van der Waals surface area contributed by atoms with E-state index >= 15 is 0 Å². The first-order valence-corrected chi connectivity index (χ1v) is 9.49. The van der Waals surface area contributed by atoms with Crippen molar-refractivity contribution in [3.8, 4) is 0 Å². The number of aromatic nitrogens is 1. The molecule has 0 aromatic carbocycles. The summed E-state index contributed by atoms with van der Waals surface area (Å²) < 4.78 is 39.7. The zero-order valence-electron chi connectivity index (χ0n) is 15.7. The summed E-state index contributed by atoms with van der Waals surface area (Å²) in [6.45, 7) is 4.66. The van der Waals surface area contributed by atoms with Crippen LogP contribution in [0.2, 0.25) is 0 Å². The van der Waals surface area contributed by atoms with Crippen LogP contribution in [0.5, 0.6) is 0 Å². The van der Waals surface area contributed by atoms with Crippen molar-refractivity contribution in [3.63, 3.8) is 0 Å². The highest BCUT2D eigenvalue weighted by atomic mass is 19.4. The zero-order chi connectivity index (χ0) is 19.8. The van der Waals surface area contributed by atoms with E-state index in [2.05, 4.69) is 29.8 Å². The molecule has 1 aliphatic heterocycles. The quantitative estimate of drug-likeness (QED) is 0.847. The molecule has 1 aromatic rings. The van der Waals surface area contributed by atoms with E-state index in [1.165, 1.54) is 29.8 Å². The van der Waals surface area contributed by atoms with Crippen molar-refractivity contribution in [2.45, 2.75) is 58.2 Å². The molecule has 0 atom stereocenters. The van der Waals surface area contributed by atoms with Crippen LogP contribution in [0.15, 0.2) is 6.07 Å². The van der Waals surface area contributed by atoms with Crippen LogP contribution in [0.3, 0.4) is 0 Å². The van der Waals surface area contributed by atoms with Gasteiger partial charge in [0.2, 0.25) is 5.91 Å². The van der Waals surface area contributed by atoms with Crippen molar-refractivity contribution in [3.05, 3.63) is 23.0 Å². The number of carbonyl (C=O) groups excluding carboxylic acids is 2. The van der Waals surface area contributed by atoms with Crippen molar-refractivity contribution in [1.29, 1.82) is 0 Å². The number of carbonyl (C=O) groups is 2. The SMILES string of the molecule is Cc1cc(CCNC(=O)C2CCN(C(=O)C(F)(F)F)CC2)c(C)n1C1CC1. The van der Waals surface area contributed by atoms with Crippen LogP contribution in [-0.4, -0.2) is 47.1 Å². The molecule has 0 unspecified atom stereocenters. The summed E-state index contributed by atoms with van der Waals surface area (Å²) >= 11 is 0. The third-order valence-electron chi connectivity index (χ3n) is 5.59. The van der Waals surface area contributed by atoms with E-state index in [9.17, 15) is 22.8 Å². The molecule has 1 saturated heterocycles. The van der Waals surface area contributed by atoms with Crippen molar-refractivity contribution in [2.24, 2.45) is 5.92 Å². The van der Waals surface area contributed by atoms with E-state index in [4.69, 9.17) is 0 Å². The Morgan fingerprint density at radius 3 is 2.33 bits per heavy atom. The predicted octanol–water partition coefficient (Wildman–Crippen LogP) is 2.90. The Labute approximate surface area is 156 Å². The molecule has 27 heavy (non-hydrogen) atoms. The topological polar surface area (TPSA) is 54.3 Å². The molecule has 8 heteroatoms. The summed E-state index contributed by atoms with van der Waals surface area (Å²) in [5, 5.41) is 2.90. The molecule has 2 heterocycles.